The fourth-order valence-corrected chi connectivity index (χ4v) is 4.06. The maximum atomic E-state index is 13.0. The summed E-state index contributed by atoms with van der Waals surface area (Å²) in [6.07, 6.45) is 6.64. The second kappa shape index (κ2) is 8.65. The first-order chi connectivity index (χ1) is 14.5. The third kappa shape index (κ3) is 4.35. The molecule has 0 aliphatic carbocycles. The van der Waals surface area contributed by atoms with Gasteiger partial charge in [0.2, 0.25) is 5.91 Å². The first kappa shape index (κ1) is 20.1. The molecule has 0 atom stereocenters. The molecule has 30 heavy (non-hydrogen) atoms. The molecule has 6 nitrogen and oxygen atoms in total. The minimum atomic E-state index is -0.357. The van der Waals surface area contributed by atoms with Gasteiger partial charge in [-0.2, -0.15) is 0 Å². The van der Waals surface area contributed by atoms with Crippen molar-refractivity contribution in [3.8, 4) is 0 Å². The maximum absolute atomic E-state index is 13.0. The van der Waals surface area contributed by atoms with Crippen molar-refractivity contribution >= 4 is 17.2 Å². The Morgan fingerprint density at radius 1 is 1.10 bits per heavy atom. The zero-order valence-electron chi connectivity index (χ0n) is 16.6. The molecule has 0 saturated carbocycles. The molecule has 156 valence electrons. The topological polar surface area (TPSA) is 74.7 Å². The minimum Gasteiger partial charge on any atom is -0.343 e. The van der Waals surface area contributed by atoms with Gasteiger partial charge in [-0.3, -0.25) is 14.4 Å². The predicted molar refractivity (Wildman–Crippen MR) is 111 cm³/mol. The Morgan fingerprint density at radius 3 is 2.57 bits per heavy atom. The molecule has 1 amide bonds. The third-order valence-corrected chi connectivity index (χ3v) is 5.76. The van der Waals surface area contributed by atoms with Crippen LogP contribution in [0.1, 0.15) is 41.7 Å². The van der Waals surface area contributed by atoms with Crippen LogP contribution in [0, 0.1) is 11.7 Å². The largest absolute Gasteiger partial charge is 0.343 e. The van der Waals surface area contributed by atoms with Gasteiger partial charge in [-0.25, -0.2) is 4.39 Å². The van der Waals surface area contributed by atoms with E-state index < -0.39 is 0 Å². The second-order valence-corrected chi connectivity index (χ2v) is 7.79. The number of piperidine rings is 1. The number of aryl methyl sites for hydroxylation is 1. The zero-order chi connectivity index (χ0) is 21.1. The number of amides is 1. The van der Waals surface area contributed by atoms with Crippen LogP contribution in [0.4, 0.5) is 4.39 Å². The van der Waals surface area contributed by atoms with Crippen LogP contribution in [0.3, 0.4) is 0 Å². The number of likely N-dealkylation sites (tertiary alicyclic amines) is 1. The number of aromatic amines is 1. The van der Waals surface area contributed by atoms with Gasteiger partial charge in [-0.05, 0) is 62.1 Å². The first-order valence-corrected chi connectivity index (χ1v) is 10.3. The van der Waals surface area contributed by atoms with Gasteiger partial charge in [-0.1, -0.05) is 0 Å². The highest BCUT2D eigenvalue weighted by Crippen LogP contribution is 2.22. The van der Waals surface area contributed by atoms with Crippen molar-refractivity contribution in [1.82, 2.24) is 14.3 Å². The summed E-state index contributed by atoms with van der Waals surface area (Å²) < 4.78 is 14.8. The van der Waals surface area contributed by atoms with Gasteiger partial charge in [-0.15, -0.1) is 0 Å². The van der Waals surface area contributed by atoms with Gasteiger partial charge in [0.15, 0.2) is 5.78 Å². The molecule has 1 aromatic carbocycles. The van der Waals surface area contributed by atoms with Gasteiger partial charge in [0, 0.05) is 49.1 Å². The lowest BCUT2D eigenvalue weighted by Crippen LogP contribution is -2.40. The Hall–Kier alpha value is -3.22. The molecule has 1 N–H and O–H groups in total. The van der Waals surface area contributed by atoms with Gasteiger partial charge in [0.25, 0.3) is 5.56 Å². The number of hydrogen-bond acceptors (Lipinski definition) is 3. The molecule has 0 radical (unpaired) electrons. The molecule has 1 fully saturated rings. The summed E-state index contributed by atoms with van der Waals surface area (Å²) in [7, 11) is 0. The summed E-state index contributed by atoms with van der Waals surface area (Å²) in [6, 6.07) is 9.22. The number of fused-ring (bicyclic) bond motifs is 1. The predicted octanol–water partition coefficient (Wildman–Crippen LogP) is 3.21. The monoisotopic (exact) mass is 409 g/mol. The molecule has 3 aromatic rings. The summed E-state index contributed by atoms with van der Waals surface area (Å²) in [6.45, 7) is 1.12. The molecule has 1 aliphatic rings. The lowest BCUT2D eigenvalue weighted by Gasteiger charge is -2.31. The Kier molecular flexibility index (Phi) is 5.79. The third-order valence-electron chi connectivity index (χ3n) is 5.76. The number of carbonyl (C=O) groups is 2. The quantitative estimate of drug-likeness (QED) is 0.636. The zero-order valence-corrected chi connectivity index (χ0v) is 16.6. The maximum Gasteiger partial charge on any atom is 0.272 e. The van der Waals surface area contributed by atoms with E-state index in [0.29, 0.717) is 56.3 Å². The van der Waals surface area contributed by atoms with Crippen molar-refractivity contribution in [3.63, 3.8) is 0 Å². The van der Waals surface area contributed by atoms with Crippen molar-refractivity contribution in [1.29, 1.82) is 0 Å². The molecular formula is C23H24FN3O3. The molecule has 4 rings (SSSR count). The molecule has 1 aliphatic heterocycles. The first-order valence-electron chi connectivity index (χ1n) is 10.3. The lowest BCUT2D eigenvalue weighted by atomic mass is 9.88. The van der Waals surface area contributed by atoms with Crippen LogP contribution in [0.2, 0.25) is 0 Å². The van der Waals surface area contributed by atoms with Crippen molar-refractivity contribution in [2.24, 2.45) is 5.92 Å². The average Bonchev–Trinajstić information content (AvgIpc) is 3.23. The Bertz CT molecular complexity index is 1110. The number of Topliss-reactive ketones (excluding diaryl/α,β-unsaturated/α-hetero) is 1. The summed E-state index contributed by atoms with van der Waals surface area (Å²) in [5, 5.41) is 0. The van der Waals surface area contributed by atoms with Gasteiger partial charge >= 0.3 is 0 Å². The Labute approximate surface area is 173 Å². The second-order valence-electron chi connectivity index (χ2n) is 7.79. The summed E-state index contributed by atoms with van der Waals surface area (Å²) in [4.78, 5) is 41.8. The number of ketones is 1. The van der Waals surface area contributed by atoms with Gasteiger partial charge < -0.3 is 14.3 Å². The van der Waals surface area contributed by atoms with E-state index in [1.165, 1.54) is 24.3 Å². The molecule has 0 unspecified atom stereocenters. The van der Waals surface area contributed by atoms with Crippen LogP contribution in [-0.4, -0.2) is 39.1 Å². The lowest BCUT2D eigenvalue weighted by molar-refractivity contribution is -0.132. The van der Waals surface area contributed by atoms with Crippen molar-refractivity contribution < 1.29 is 14.0 Å². The number of rotatable bonds is 6. The van der Waals surface area contributed by atoms with E-state index >= 15 is 0 Å². The normalized spacial score (nSPS) is 14.9. The van der Waals surface area contributed by atoms with Crippen LogP contribution in [-0.2, 0) is 11.2 Å². The van der Waals surface area contributed by atoms with Crippen LogP contribution in [0.25, 0.3) is 5.52 Å². The van der Waals surface area contributed by atoms with E-state index in [-0.39, 0.29) is 29.0 Å². The van der Waals surface area contributed by atoms with Crippen molar-refractivity contribution in [2.45, 2.75) is 32.1 Å². The van der Waals surface area contributed by atoms with E-state index in [9.17, 15) is 18.8 Å². The summed E-state index contributed by atoms with van der Waals surface area (Å²) in [5.74, 6) is -0.388. The van der Waals surface area contributed by atoms with E-state index in [4.69, 9.17) is 0 Å². The molecular weight excluding hydrogens is 385 g/mol. The summed E-state index contributed by atoms with van der Waals surface area (Å²) >= 11 is 0. The molecule has 0 bridgehead atoms. The van der Waals surface area contributed by atoms with Gasteiger partial charge in [0.1, 0.15) is 11.3 Å². The van der Waals surface area contributed by atoms with E-state index in [1.807, 2.05) is 23.4 Å². The molecule has 3 heterocycles. The number of carbonyl (C=O) groups excluding carboxylic acids is 2. The SMILES string of the molecule is O=C(c1ccc(F)cc1)C1CCN(C(=O)CCCc2cn3cccc3c(=O)[nH]2)CC1. The van der Waals surface area contributed by atoms with Crippen LogP contribution in [0.5, 0.6) is 0 Å². The summed E-state index contributed by atoms with van der Waals surface area (Å²) in [5.41, 5.74) is 1.81. The number of H-pyrrole nitrogens is 1. The standard InChI is InChI=1S/C23H24FN3O3/c24-18-8-6-16(7-9-18)22(29)17-10-13-26(14-11-17)21(28)5-1-3-19-15-27-12-2-4-20(27)23(30)25-19/h2,4,6-9,12,15,17H,1,3,5,10-11,13-14H2,(H,25,30). The number of hydrogen-bond donors (Lipinski definition) is 1. The Morgan fingerprint density at radius 2 is 1.83 bits per heavy atom. The average molecular weight is 409 g/mol. The fraction of sp³-hybridized carbons (Fsp3) is 0.348. The van der Waals surface area contributed by atoms with Gasteiger partial charge in [0.05, 0.1) is 0 Å². The molecule has 1 saturated heterocycles. The minimum absolute atomic E-state index is 0.0199. The van der Waals surface area contributed by atoms with Crippen LogP contribution in [0.15, 0.2) is 53.6 Å². The van der Waals surface area contributed by atoms with Crippen molar-refractivity contribution in [2.75, 3.05) is 13.1 Å². The van der Waals surface area contributed by atoms with E-state index in [2.05, 4.69) is 4.98 Å². The molecule has 0 spiro atoms. The number of aromatic nitrogens is 2. The molecule has 7 heteroatoms. The highest BCUT2D eigenvalue weighted by atomic mass is 19.1. The Balaban J connectivity index is 1.25. The molecule has 2 aromatic heterocycles. The number of benzene rings is 1. The highest BCUT2D eigenvalue weighted by molar-refractivity contribution is 5.98. The van der Waals surface area contributed by atoms with Crippen LogP contribution < -0.4 is 5.56 Å². The smallest absolute Gasteiger partial charge is 0.272 e. The van der Waals surface area contributed by atoms with E-state index in [0.717, 1.165) is 5.69 Å². The number of nitrogens with zero attached hydrogens (tertiary/aromatic N) is 2. The highest BCUT2D eigenvalue weighted by Gasteiger charge is 2.27. The number of nitrogens with one attached hydrogen (secondary N) is 1. The van der Waals surface area contributed by atoms with Crippen LogP contribution >= 0.6 is 0 Å². The fourth-order valence-electron chi connectivity index (χ4n) is 4.06. The van der Waals surface area contributed by atoms with Crippen molar-refractivity contribution in [3.05, 3.63) is 76.2 Å². The number of halogens is 1. The van der Waals surface area contributed by atoms with E-state index in [1.54, 1.807) is 10.5 Å².